The number of hydrogen-bond acceptors (Lipinski definition) is 2. The van der Waals surface area contributed by atoms with Crippen molar-refractivity contribution in [2.24, 2.45) is 0 Å². The maximum absolute atomic E-state index is 12.5. The summed E-state index contributed by atoms with van der Waals surface area (Å²) in [5.41, 5.74) is 3.05. The number of H-pyrrole nitrogens is 1. The molecule has 4 heteroatoms. The van der Waals surface area contributed by atoms with Crippen molar-refractivity contribution >= 4 is 16.8 Å². The van der Waals surface area contributed by atoms with Gasteiger partial charge in [-0.05, 0) is 37.2 Å². The molecule has 0 spiro atoms. The standard InChI is InChI=1S/C16H21N3O/c1-3-12-4-5-14-13(10-12)11-15(17-14)16(20)19-8-6-18(2)7-9-19/h4-5,10-11,17H,3,6-9H2,1-2H3. The monoisotopic (exact) mass is 271 g/mol. The molecule has 1 aromatic heterocycles. The largest absolute Gasteiger partial charge is 0.351 e. The van der Waals surface area contributed by atoms with Crippen molar-refractivity contribution in [2.45, 2.75) is 13.3 Å². The zero-order valence-corrected chi connectivity index (χ0v) is 12.1. The van der Waals surface area contributed by atoms with E-state index >= 15 is 0 Å². The van der Waals surface area contributed by atoms with Gasteiger partial charge in [-0.3, -0.25) is 4.79 Å². The van der Waals surface area contributed by atoms with E-state index in [2.05, 4.69) is 42.1 Å². The second kappa shape index (κ2) is 5.29. The van der Waals surface area contributed by atoms with Crippen molar-refractivity contribution in [1.29, 1.82) is 0 Å². The zero-order valence-electron chi connectivity index (χ0n) is 12.1. The lowest BCUT2D eigenvalue weighted by Gasteiger charge is -2.32. The van der Waals surface area contributed by atoms with Crippen molar-refractivity contribution in [1.82, 2.24) is 14.8 Å². The summed E-state index contributed by atoms with van der Waals surface area (Å²) < 4.78 is 0. The zero-order chi connectivity index (χ0) is 14.1. The second-order valence-corrected chi connectivity index (χ2v) is 5.55. The Morgan fingerprint density at radius 2 is 1.95 bits per heavy atom. The number of carbonyl (C=O) groups excluding carboxylic acids is 1. The number of carbonyl (C=O) groups is 1. The van der Waals surface area contributed by atoms with Crippen LogP contribution in [0.2, 0.25) is 0 Å². The van der Waals surface area contributed by atoms with Crippen LogP contribution in [0.25, 0.3) is 10.9 Å². The maximum Gasteiger partial charge on any atom is 0.270 e. The molecular weight excluding hydrogens is 250 g/mol. The van der Waals surface area contributed by atoms with E-state index in [0.717, 1.165) is 43.5 Å². The minimum Gasteiger partial charge on any atom is -0.351 e. The fourth-order valence-corrected chi connectivity index (χ4v) is 2.70. The van der Waals surface area contributed by atoms with Crippen molar-refractivity contribution < 1.29 is 4.79 Å². The number of aromatic amines is 1. The summed E-state index contributed by atoms with van der Waals surface area (Å²) in [6, 6.07) is 8.32. The maximum atomic E-state index is 12.5. The molecule has 1 saturated heterocycles. The number of fused-ring (bicyclic) bond motifs is 1. The molecule has 0 unspecified atom stereocenters. The van der Waals surface area contributed by atoms with Gasteiger partial charge in [0.15, 0.2) is 0 Å². The first kappa shape index (κ1) is 13.2. The molecule has 1 aliphatic heterocycles. The molecule has 106 valence electrons. The van der Waals surface area contributed by atoms with E-state index in [-0.39, 0.29) is 5.91 Å². The van der Waals surface area contributed by atoms with Crippen molar-refractivity contribution in [3.05, 3.63) is 35.5 Å². The van der Waals surface area contributed by atoms with Gasteiger partial charge in [-0.1, -0.05) is 13.0 Å². The summed E-state index contributed by atoms with van der Waals surface area (Å²) in [5.74, 6) is 0.118. The Balaban J connectivity index is 1.84. The number of aryl methyl sites for hydroxylation is 1. The highest BCUT2D eigenvalue weighted by Crippen LogP contribution is 2.19. The highest BCUT2D eigenvalue weighted by Gasteiger charge is 2.21. The number of rotatable bonds is 2. The third-order valence-electron chi connectivity index (χ3n) is 4.11. The number of nitrogens with one attached hydrogen (secondary N) is 1. The van der Waals surface area contributed by atoms with Crippen molar-refractivity contribution in [2.75, 3.05) is 33.2 Å². The molecule has 1 aromatic carbocycles. The molecule has 0 aliphatic carbocycles. The summed E-state index contributed by atoms with van der Waals surface area (Å²) in [5, 5.41) is 1.13. The van der Waals surface area contributed by atoms with Gasteiger partial charge in [-0.15, -0.1) is 0 Å². The van der Waals surface area contributed by atoms with Gasteiger partial charge in [-0.25, -0.2) is 0 Å². The van der Waals surface area contributed by atoms with Crippen molar-refractivity contribution in [3.63, 3.8) is 0 Å². The van der Waals surface area contributed by atoms with Crippen LogP contribution in [0.5, 0.6) is 0 Å². The molecule has 1 N–H and O–H groups in total. The molecule has 2 heterocycles. The van der Waals surface area contributed by atoms with Crippen LogP contribution in [0.3, 0.4) is 0 Å². The Labute approximate surface area is 119 Å². The summed E-state index contributed by atoms with van der Waals surface area (Å²) in [6.07, 6.45) is 1.02. The first-order chi connectivity index (χ1) is 9.67. The van der Waals surface area contributed by atoms with Gasteiger partial charge in [0.2, 0.25) is 0 Å². The molecule has 20 heavy (non-hydrogen) atoms. The Bertz CT molecular complexity index is 624. The third kappa shape index (κ3) is 2.43. The number of likely N-dealkylation sites (N-methyl/N-ethyl adjacent to an activating group) is 1. The van der Waals surface area contributed by atoms with Crippen LogP contribution >= 0.6 is 0 Å². The van der Waals surface area contributed by atoms with Crippen molar-refractivity contribution in [3.8, 4) is 0 Å². The predicted octanol–water partition coefficient (Wildman–Crippen LogP) is 2.12. The SMILES string of the molecule is CCc1ccc2[nH]c(C(=O)N3CCN(C)CC3)cc2c1. The molecule has 2 aromatic rings. The topological polar surface area (TPSA) is 39.3 Å². The van der Waals surface area contributed by atoms with Crippen LogP contribution in [-0.2, 0) is 6.42 Å². The lowest BCUT2D eigenvalue weighted by Crippen LogP contribution is -2.47. The lowest BCUT2D eigenvalue weighted by atomic mass is 10.1. The van der Waals surface area contributed by atoms with Gasteiger partial charge in [0.25, 0.3) is 5.91 Å². The molecule has 0 saturated carbocycles. The Morgan fingerprint density at radius 1 is 1.20 bits per heavy atom. The second-order valence-electron chi connectivity index (χ2n) is 5.55. The van der Waals surface area contributed by atoms with Gasteiger partial charge < -0.3 is 14.8 Å². The van der Waals surface area contributed by atoms with Crippen LogP contribution in [0.4, 0.5) is 0 Å². The molecular formula is C16H21N3O. The number of amides is 1. The van der Waals surface area contributed by atoms with Gasteiger partial charge in [0.05, 0.1) is 0 Å². The van der Waals surface area contributed by atoms with Crippen LogP contribution in [0, 0.1) is 0 Å². The smallest absolute Gasteiger partial charge is 0.270 e. The molecule has 0 bridgehead atoms. The highest BCUT2D eigenvalue weighted by atomic mass is 16.2. The number of nitrogens with zero attached hydrogens (tertiary/aromatic N) is 2. The lowest BCUT2D eigenvalue weighted by molar-refractivity contribution is 0.0659. The first-order valence-corrected chi connectivity index (χ1v) is 7.27. The minimum atomic E-state index is 0.118. The van der Waals surface area contributed by atoms with Gasteiger partial charge >= 0.3 is 0 Å². The Hall–Kier alpha value is -1.81. The molecule has 4 nitrogen and oxygen atoms in total. The van der Waals surface area contributed by atoms with E-state index < -0.39 is 0 Å². The minimum absolute atomic E-state index is 0.118. The number of hydrogen-bond donors (Lipinski definition) is 1. The fourth-order valence-electron chi connectivity index (χ4n) is 2.70. The first-order valence-electron chi connectivity index (χ1n) is 7.27. The molecule has 0 atom stereocenters. The number of piperazine rings is 1. The summed E-state index contributed by atoms with van der Waals surface area (Å²) in [4.78, 5) is 19.9. The Morgan fingerprint density at radius 3 is 2.65 bits per heavy atom. The van der Waals surface area contributed by atoms with Crippen LogP contribution in [-0.4, -0.2) is 53.9 Å². The number of aromatic nitrogens is 1. The van der Waals surface area contributed by atoms with Crippen LogP contribution in [0.1, 0.15) is 23.0 Å². The molecule has 0 radical (unpaired) electrons. The Kier molecular flexibility index (Phi) is 3.49. The molecule has 1 aliphatic rings. The average Bonchev–Trinajstić information content (AvgIpc) is 2.90. The van der Waals surface area contributed by atoms with E-state index in [1.165, 1.54) is 5.56 Å². The van der Waals surface area contributed by atoms with E-state index in [1.807, 2.05) is 11.0 Å². The van der Waals surface area contributed by atoms with E-state index in [4.69, 9.17) is 0 Å². The molecule has 1 fully saturated rings. The quantitative estimate of drug-likeness (QED) is 0.908. The summed E-state index contributed by atoms with van der Waals surface area (Å²) in [7, 11) is 2.09. The van der Waals surface area contributed by atoms with Crippen LogP contribution < -0.4 is 0 Å². The average molecular weight is 271 g/mol. The van der Waals surface area contributed by atoms with Gasteiger partial charge in [0.1, 0.15) is 5.69 Å². The van der Waals surface area contributed by atoms with E-state index in [1.54, 1.807) is 0 Å². The van der Waals surface area contributed by atoms with E-state index in [0.29, 0.717) is 5.69 Å². The van der Waals surface area contributed by atoms with Gasteiger partial charge in [-0.2, -0.15) is 0 Å². The molecule has 1 amide bonds. The van der Waals surface area contributed by atoms with E-state index in [9.17, 15) is 4.79 Å². The fraction of sp³-hybridized carbons (Fsp3) is 0.438. The molecule has 3 rings (SSSR count). The summed E-state index contributed by atoms with van der Waals surface area (Å²) in [6.45, 7) is 5.66. The predicted molar refractivity (Wildman–Crippen MR) is 81.1 cm³/mol. The third-order valence-corrected chi connectivity index (χ3v) is 4.11. The highest BCUT2D eigenvalue weighted by molar-refractivity contribution is 5.98. The van der Waals surface area contributed by atoms with Crippen LogP contribution in [0.15, 0.2) is 24.3 Å². The normalized spacial score (nSPS) is 16.8. The van der Waals surface area contributed by atoms with Gasteiger partial charge in [0, 0.05) is 37.1 Å². The number of benzene rings is 1. The summed E-state index contributed by atoms with van der Waals surface area (Å²) >= 11 is 0.